The van der Waals surface area contributed by atoms with Crippen molar-refractivity contribution >= 4 is 43.2 Å². The highest BCUT2D eigenvalue weighted by Gasteiger charge is 2.25. The molecule has 0 aromatic carbocycles. The predicted molar refractivity (Wildman–Crippen MR) is 90.1 cm³/mol. The largest absolute Gasteiger partial charge is 0.309 e. The van der Waals surface area contributed by atoms with Gasteiger partial charge in [0, 0.05) is 26.1 Å². The third kappa shape index (κ3) is 2.84. The molecule has 0 spiro atoms. The van der Waals surface area contributed by atoms with Gasteiger partial charge in [-0.15, -0.1) is 11.3 Å². The number of hydrogen-bond donors (Lipinski definition) is 1. The molecule has 1 unspecified atom stereocenters. The zero-order chi connectivity index (χ0) is 14.1. The molecular weight excluding hydrogens is 402 g/mol. The number of rotatable bonds is 3. The van der Waals surface area contributed by atoms with Gasteiger partial charge in [-0.25, -0.2) is 4.98 Å². The van der Waals surface area contributed by atoms with Gasteiger partial charge in [-0.1, -0.05) is 6.92 Å². The normalized spacial score (nSPS) is 18.1. The lowest BCUT2D eigenvalue weighted by Crippen LogP contribution is -2.23. The van der Waals surface area contributed by atoms with Crippen LogP contribution >= 0.6 is 43.2 Å². The third-order valence-electron chi connectivity index (χ3n) is 3.41. The Morgan fingerprint density at radius 3 is 3.05 bits per heavy atom. The second-order valence-electron chi connectivity index (χ2n) is 4.82. The van der Waals surface area contributed by atoms with Crippen molar-refractivity contribution < 1.29 is 0 Å². The zero-order valence-corrected chi connectivity index (χ0v) is 15.1. The van der Waals surface area contributed by atoms with Crippen LogP contribution in [-0.2, 0) is 6.42 Å². The van der Waals surface area contributed by atoms with E-state index < -0.39 is 0 Å². The molecule has 0 saturated carbocycles. The van der Waals surface area contributed by atoms with Crippen molar-refractivity contribution in [3.05, 3.63) is 31.8 Å². The Hall–Kier alpha value is -0.300. The molecule has 20 heavy (non-hydrogen) atoms. The van der Waals surface area contributed by atoms with Gasteiger partial charge in [-0.05, 0) is 63.7 Å². The van der Waals surface area contributed by atoms with Gasteiger partial charge in [0.1, 0.15) is 10.7 Å². The molecule has 1 aliphatic carbocycles. The standard InChI is InChI=1S/C14H15Br2N3S/c1-2-17-10-4-3-5-11-13(10)20-14(19-11)12-9(16)6-8(15)7-18-12/h6-7,10,17H,2-5H2,1H3. The van der Waals surface area contributed by atoms with Crippen LogP contribution in [-0.4, -0.2) is 16.5 Å². The van der Waals surface area contributed by atoms with Crippen LogP contribution in [0.2, 0.25) is 0 Å². The summed E-state index contributed by atoms with van der Waals surface area (Å²) in [6.07, 6.45) is 5.32. The van der Waals surface area contributed by atoms with Crippen LogP contribution in [0.25, 0.3) is 10.7 Å². The SMILES string of the molecule is CCNC1CCCc2nc(-c3ncc(Br)cc3Br)sc21. The second kappa shape index (κ2) is 6.22. The van der Waals surface area contributed by atoms with Crippen molar-refractivity contribution in [3.63, 3.8) is 0 Å². The van der Waals surface area contributed by atoms with Crippen LogP contribution in [0.5, 0.6) is 0 Å². The summed E-state index contributed by atoms with van der Waals surface area (Å²) in [5, 5.41) is 4.57. The molecule has 0 amide bonds. The first kappa shape index (κ1) is 14.6. The van der Waals surface area contributed by atoms with E-state index in [-0.39, 0.29) is 0 Å². The van der Waals surface area contributed by atoms with E-state index in [1.165, 1.54) is 23.4 Å². The van der Waals surface area contributed by atoms with Crippen LogP contribution in [0.3, 0.4) is 0 Å². The van der Waals surface area contributed by atoms with Gasteiger partial charge in [0.2, 0.25) is 0 Å². The van der Waals surface area contributed by atoms with Crippen LogP contribution < -0.4 is 5.32 Å². The van der Waals surface area contributed by atoms with Crippen molar-refractivity contribution in [2.24, 2.45) is 0 Å². The Kier molecular flexibility index (Phi) is 4.55. The fourth-order valence-electron chi connectivity index (χ4n) is 2.53. The summed E-state index contributed by atoms with van der Waals surface area (Å²) in [7, 11) is 0. The summed E-state index contributed by atoms with van der Waals surface area (Å²) in [4.78, 5) is 10.7. The molecule has 3 rings (SSSR count). The number of thiazole rings is 1. The maximum absolute atomic E-state index is 4.81. The first-order chi connectivity index (χ1) is 9.69. The molecule has 0 bridgehead atoms. The second-order valence-corrected chi connectivity index (χ2v) is 7.62. The lowest BCUT2D eigenvalue weighted by molar-refractivity contribution is 0.476. The topological polar surface area (TPSA) is 37.8 Å². The summed E-state index contributed by atoms with van der Waals surface area (Å²) < 4.78 is 1.96. The molecule has 0 saturated heterocycles. The Balaban J connectivity index is 2.00. The van der Waals surface area contributed by atoms with Crippen molar-refractivity contribution in [1.82, 2.24) is 15.3 Å². The molecule has 3 nitrogen and oxygen atoms in total. The minimum Gasteiger partial charge on any atom is -0.309 e. The lowest BCUT2D eigenvalue weighted by atomic mass is 9.98. The molecular formula is C14H15Br2N3S. The number of nitrogens with zero attached hydrogens (tertiary/aromatic N) is 2. The van der Waals surface area contributed by atoms with Crippen LogP contribution in [0.15, 0.2) is 21.2 Å². The molecule has 0 aliphatic heterocycles. The number of nitrogens with one attached hydrogen (secondary N) is 1. The van der Waals surface area contributed by atoms with Gasteiger partial charge >= 0.3 is 0 Å². The van der Waals surface area contributed by atoms with Gasteiger partial charge in [0.05, 0.1) is 5.69 Å². The summed E-state index contributed by atoms with van der Waals surface area (Å²) in [6, 6.07) is 2.48. The number of aromatic nitrogens is 2. The molecule has 2 aromatic rings. The molecule has 0 fully saturated rings. The van der Waals surface area contributed by atoms with Crippen LogP contribution in [0, 0.1) is 0 Å². The number of halogens is 2. The molecule has 2 heterocycles. The molecule has 1 N–H and O–H groups in total. The summed E-state index contributed by atoms with van der Waals surface area (Å²) in [5.74, 6) is 0. The molecule has 1 atom stereocenters. The summed E-state index contributed by atoms with van der Waals surface area (Å²) in [6.45, 7) is 3.15. The van der Waals surface area contributed by atoms with E-state index in [9.17, 15) is 0 Å². The van der Waals surface area contributed by atoms with Gasteiger partial charge in [0.25, 0.3) is 0 Å². The first-order valence-corrected chi connectivity index (χ1v) is 9.13. The fraction of sp³-hybridized carbons (Fsp3) is 0.429. The highest BCUT2D eigenvalue weighted by Crippen LogP contribution is 2.39. The predicted octanol–water partition coefficient (Wildman–Crippen LogP) is 4.72. The number of pyridine rings is 1. The fourth-order valence-corrected chi connectivity index (χ4v) is 5.07. The van der Waals surface area contributed by atoms with Gasteiger partial charge in [-0.3, -0.25) is 4.98 Å². The van der Waals surface area contributed by atoms with Crippen molar-refractivity contribution in [2.45, 2.75) is 32.2 Å². The monoisotopic (exact) mass is 415 g/mol. The van der Waals surface area contributed by atoms with Gasteiger partial charge < -0.3 is 5.32 Å². The van der Waals surface area contributed by atoms with Crippen molar-refractivity contribution in [3.8, 4) is 10.7 Å². The Labute approximate surface area is 139 Å². The van der Waals surface area contributed by atoms with E-state index in [0.29, 0.717) is 6.04 Å². The van der Waals surface area contributed by atoms with E-state index in [1.54, 1.807) is 11.3 Å². The lowest BCUT2D eigenvalue weighted by Gasteiger charge is -2.21. The molecule has 106 valence electrons. The first-order valence-electron chi connectivity index (χ1n) is 6.73. The van der Waals surface area contributed by atoms with E-state index in [4.69, 9.17) is 4.98 Å². The number of aryl methyl sites for hydroxylation is 1. The summed E-state index contributed by atoms with van der Waals surface area (Å²) >= 11 is 8.79. The Bertz CT molecular complexity index is 627. The minimum absolute atomic E-state index is 0.462. The molecule has 2 aromatic heterocycles. The van der Waals surface area contributed by atoms with E-state index in [2.05, 4.69) is 49.1 Å². The smallest absolute Gasteiger partial charge is 0.143 e. The summed E-state index contributed by atoms with van der Waals surface area (Å²) in [5.41, 5.74) is 2.18. The highest BCUT2D eigenvalue weighted by atomic mass is 79.9. The van der Waals surface area contributed by atoms with Gasteiger partial charge in [0.15, 0.2) is 0 Å². The third-order valence-corrected chi connectivity index (χ3v) is 5.67. The number of hydrogen-bond acceptors (Lipinski definition) is 4. The quantitative estimate of drug-likeness (QED) is 0.786. The average molecular weight is 417 g/mol. The average Bonchev–Trinajstić information content (AvgIpc) is 2.83. The molecule has 6 heteroatoms. The molecule has 1 aliphatic rings. The van der Waals surface area contributed by atoms with E-state index in [0.717, 1.165) is 32.6 Å². The van der Waals surface area contributed by atoms with Crippen molar-refractivity contribution in [2.75, 3.05) is 6.54 Å². The number of fused-ring (bicyclic) bond motifs is 1. The highest BCUT2D eigenvalue weighted by molar-refractivity contribution is 9.11. The molecule has 0 radical (unpaired) electrons. The van der Waals surface area contributed by atoms with Crippen LogP contribution in [0.4, 0.5) is 0 Å². The Morgan fingerprint density at radius 1 is 1.45 bits per heavy atom. The zero-order valence-electron chi connectivity index (χ0n) is 11.1. The van der Waals surface area contributed by atoms with E-state index in [1.807, 2.05) is 12.3 Å². The van der Waals surface area contributed by atoms with E-state index >= 15 is 0 Å². The van der Waals surface area contributed by atoms with Crippen LogP contribution in [0.1, 0.15) is 36.4 Å². The van der Waals surface area contributed by atoms with Crippen molar-refractivity contribution in [1.29, 1.82) is 0 Å². The maximum atomic E-state index is 4.81. The Morgan fingerprint density at radius 2 is 2.30 bits per heavy atom. The van der Waals surface area contributed by atoms with Gasteiger partial charge in [-0.2, -0.15) is 0 Å². The minimum atomic E-state index is 0.462. The maximum Gasteiger partial charge on any atom is 0.143 e.